The minimum Gasteiger partial charge on any atom is -0.496 e. The summed E-state index contributed by atoms with van der Waals surface area (Å²) in [6.07, 6.45) is 8.43. The largest absolute Gasteiger partial charge is 0.496 e. The molecule has 2 aromatic rings. The molecule has 2 aromatic carbocycles. The summed E-state index contributed by atoms with van der Waals surface area (Å²) in [5.74, 6) is 2.05. The van der Waals surface area contributed by atoms with E-state index in [1.165, 1.54) is 54.4 Å². The molecule has 172 valence electrons. The van der Waals surface area contributed by atoms with Crippen molar-refractivity contribution in [3.8, 4) is 11.5 Å². The topological polar surface area (TPSA) is 18.5 Å². The minimum atomic E-state index is 0.173. The van der Waals surface area contributed by atoms with Gasteiger partial charge in [0.15, 0.2) is 0 Å². The molecule has 0 bridgehead atoms. The summed E-state index contributed by atoms with van der Waals surface area (Å²) in [7, 11) is 3.55. The molecule has 0 saturated heterocycles. The van der Waals surface area contributed by atoms with Crippen LogP contribution in [0.3, 0.4) is 0 Å². The Bertz CT molecular complexity index is 752. The lowest BCUT2D eigenvalue weighted by atomic mass is 9.85. The third-order valence-corrected chi connectivity index (χ3v) is 6.19. The SMILES string of the molecule is COc1ccc(C(C)(C)C)cc1CCCCCCCc1cc(C(C)(C)C)ccc1OC. The van der Waals surface area contributed by atoms with Crippen LogP contribution in [0.25, 0.3) is 0 Å². The molecule has 0 spiro atoms. The van der Waals surface area contributed by atoms with Gasteiger partial charge in [-0.25, -0.2) is 0 Å². The van der Waals surface area contributed by atoms with Crippen LogP contribution in [-0.2, 0) is 23.7 Å². The van der Waals surface area contributed by atoms with Crippen molar-refractivity contribution in [2.24, 2.45) is 0 Å². The maximum Gasteiger partial charge on any atom is 0.122 e. The maximum atomic E-state index is 5.60. The zero-order chi connectivity index (χ0) is 23.1. The average Bonchev–Trinajstić information content (AvgIpc) is 2.71. The first-order valence-electron chi connectivity index (χ1n) is 11.9. The van der Waals surface area contributed by atoms with E-state index in [1.807, 2.05) is 0 Å². The van der Waals surface area contributed by atoms with Gasteiger partial charge in [-0.1, -0.05) is 85.1 Å². The van der Waals surface area contributed by atoms with Gasteiger partial charge in [-0.15, -0.1) is 0 Å². The molecular formula is C29H44O2. The van der Waals surface area contributed by atoms with Crippen LogP contribution in [0.1, 0.15) is 95.9 Å². The Morgan fingerprint density at radius 3 is 1.23 bits per heavy atom. The van der Waals surface area contributed by atoms with E-state index < -0.39 is 0 Å². The molecule has 2 rings (SSSR count). The van der Waals surface area contributed by atoms with E-state index in [2.05, 4.69) is 77.9 Å². The van der Waals surface area contributed by atoms with Crippen molar-refractivity contribution < 1.29 is 9.47 Å². The number of aryl methyl sites for hydroxylation is 2. The fourth-order valence-corrected chi connectivity index (χ4v) is 4.04. The van der Waals surface area contributed by atoms with E-state index in [9.17, 15) is 0 Å². The van der Waals surface area contributed by atoms with E-state index in [0.29, 0.717) is 0 Å². The molecule has 0 atom stereocenters. The number of unbranched alkanes of at least 4 members (excludes halogenated alkanes) is 4. The zero-order valence-electron chi connectivity index (χ0n) is 21.2. The molecule has 0 saturated carbocycles. The predicted molar refractivity (Wildman–Crippen MR) is 134 cm³/mol. The quantitative estimate of drug-likeness (QED) is 0.359. The summed E-state index contributed by atoms with van der Waals surface area (Å²) in [6.45, 7) is 13.6. The molecule has 0 fully saturated rings. The number of rotatable bonds is 10. The molecular weight excluding hydrogens is 380 g/mol. The third-order valence-electron chi connectivity index (χ3n) is 6.19. The molecule has 0 aliphatic carbocycles. The maximum absolute atomic E-state index is 5.60. The van der Waals surface area contributed by atoms with Crippen molar-refractivity contribution in [2.75, 3.05) is 14.2 Å². The Labute approximate surface area is 191 Å². The van der Waals surface area contributed by atoms with Crippen molar-refractivity contribution in [3.63, 3.8) is 0 Å². The van der Waals surface area contributed by atoms with E-state index in [0.717, 1.165) is 24.3 Å². The fourth-order valence-electron chi connectivity index (χ4n) is 4.04. The molecule has 0 radical (unpaired) electrons. The van der Waals surface area contributed by atoms with Crippen molar-refractivity contribution in [2.45, 2.75) is 97.3 Å². The second-order valence-corrected chi connectivity index (χ2v) is 10.8. The highest BCUT2D eigenvalue weighted by molar-refractivity contribution is 5.40. The van der Waals surface area contributed by atoms with Crippen LogP contribution in [0.4, 0.5) is 0 Å². The highest BCUT2D eigenvalue weighted by Gasteiger charge is 2.17. The van der Waals surface area contributed by atoms with Crippen molar-refractivity contribution in [1.29, 1.82) is 0 Å². The molecule has 0 aliphatic rings. The molecule has 2 heteroatoms. The van der Waals surface area contributed by atoms with Gasteiger partial charge in [0.05, 0.1) is 14.2 Å². The Morgan fingerprint density at radius 2 is 0.903 bits per heavy atom. The van der Waals surface area contributed by atoms with Crippen LogP contribution in [-0.4, -0.2) is 14.2 Å². The van der Waals surface area contributed by atoms with Crippen LogP contribution < -0.4 is 9.47 Å². The first-order valence-corrected chi connectivity index (χ1v) is 11.9. The number of hydrogen-bond acceptors (Lipinski definition) is 2. The lowest BCUT2D eigenvalue weighted by molar-refractivity contribution is 0.407. The monoisotopic (exact) mass is 424 g/mol. The van der Waals surface area contributed by atoms with E-state index in [-0.39, 0.29) is 10.8 Å². The van der Waals surface area contributed by atoms with E-state index >= 15 is 0 Å². The predicted octanol–water partition coefficient (Wildman–Crippen LogP) is 8.03. The molecule has 0 aromatic heterocycles. The van der Waals surface area contributed by atoms with Crippen LogP contribution in [0.2, 0.25) is 0 Å². The van der Waals surface area contributed by atoms with Crippen molar-refractivity contribution >= 4 is 0 Å². The van der Waals surface area contributed by atoms with Crippen LogP contribution >= 0.6 is 0 Å². The summed E-state index contributed by atoms with van der Waals surface area (Å²) in [5.41, 5.74) is 5.81. The van der Waals surface area contributed by atoms with Gasteiger partial charge in [-0.2, -0.15) is 0 Å². The van der Waals surface area contributed by atoms with Crippen LogP contribution in [0, 0.1) is 0 Å². The average molecular weight is 425 g/mol. The van der Waals surface area contributed by atoms with Gasteiger partial charge in [0, 0.05) is 0 Å². The van der Waals surface area contributed by atoms with Crippen LogP contribution in [0.15, 0.2) is 36.4 Å². The minimum absolute atomic E-state index is 0.173. The molecule has 0 heterocycles. The van der Waals surface area contributed by atoms with Gasteiger partial charge in [0.25, 0.3) is 0 Å². The van der Waals surface area contributed by atoms with Gasteiger partial charge >= 0.3 is 0 Å². The zero-order valence-corrected chi connectivity index (χ0v) is 21.2. The summed E-state index contributed by atoms with van der Waals surface area (Å²) in [5, 5.41) is 0. The van der Waals surface area contributed by atoms with Gasteiger partial charge < -0.3 is 9.47 Å². The number of ether oxygens (including phenoxy) is 2. The second-order valence-electron chi connectivity index (χ2n) is 10.8. The summed E-state index contributed by atoms with van der Waals surface area (Å²) in [6, 6.07) is 13.3. The van der Waals surface area contributed by atoms with E-state index in [4.69, 9.17) is 9.47 Å². The number of methoxy groups -OCH3 is 2. The smallest absolute Gasteiger partial charge is 0.122 e. The highest BCUT2D eigenvalue weighted by Crippen LogP contribution is 2.30. The molecule has 31 heavy (non-hydrogen) atoms. The van der Waals surface area contributed by atoms with Gasteiger partial charge in [0.1, 0.15) is 11.5 Å². The van der Waals surface area contributed by atoms with Crippen LogP contribution in [0.5, 0.6) is 11.5 Å². The standard InChI is InChI=1S/C29H44O2/c1-28(2,3)24-16-18-26(30-7)22(20-24)14-12-10-9-11-13-15-23-21-25(29(4,5)6)17-19-27(23)31-8/h16-21H,9-15H2,1-8H3. The van der Waals surface area contributed by atoms with Crippen molar-refractivity contribution in [1.82, 2.24) is 0 Å². The normalized spacial score (nSPS) is 12.1. The lowest BCUT2D eigenvalue weighted by Gasteiger charge is -2.21. The first-order chi connectivity index (χ1) is 14.6. The second kappa shape index (κ2) is 11.1. The molecule has 0 amide bonds. The van der Waals surface area contributed by atoms with Gasteiger partial charge in [-0.3, -0.25) is 0 Å². The number of hydrogen-bond donors (Lipinski definition) is 0. The number of benzene rings is 2. The summed E-state index contributed by atoms with van der Waals surface area (Å²) in [4.78, 5) is 0. The Morgan fingerprint density at radius 1 is 0.548 bits per heavy atom. The molecule has 0 N–H and O–H groups in total. The van der Waals surface area contributed by atoms with Crippen molar-refractivity contribution in [3.05, 3.63) is 58.7 Å². The summed E-state index contributed by atoms with van der Waals surface area (Å²) < 4.78 is 11.2. The third kappa shape index (κ3) is 7.59. The lowest BCUT2D eigenvalue weighted by Crippen LogP contribution is -2.11. The highest BCUT2D eigenvalue weighted by atomic mass is 16.5. The van der Waals surface area contributed by atoms with Gasteiger partial charge in [-0.05, 0) is 70.9 Å². The molecule has 0 unspecified atom stereocenters. The fraction of sp³-hybridized carbons (Fsp3) is 0.586. The molecule has 0 aliphatic heterocycles. The first kappa shape index (κ1) is 25.3. The molecule has 2 nitrogen and oxygen atoms in total. The summed E-state index contributed by atoms with van der Waals surface area (Å²) >= 11 is 0. The van der Waals surface area contributed by atoms with Gasteiger partial charge in [0.2, 0.25) is 0 Å². The Balaban J connectivity index is 1.81. The Hall–Kier alpha value is -1.96. The van der Waals surface area contributed by atoms with E-state index in [1.54, 1.807) is 14.2 Å². The Kier molecular flexibility index (Phi) is 9.03.